The van der Waals surface area contributed by atoms with Gasteiger partial charge >= 0.3 is 5.97 Å². The van der Waals surface area contributed by atoms with Crippen LogP contribution in [0.2, 0.25) is 0 Å². The minimum atomic E-state index is -0.782. The third-order valence-electron chi connectivity index (χ3n) is 4.64. The van der Waals surface area contributed by atoms with Crippen molar-refractivity contribution in [2.45, 2.75) is 122 Å². The molecule has 0 heterocycles. The van der Waals surface area contributed by atoms with Crippen LogP contribution in [0.1, 0.15) is 110 Å². The van der Waals surface area contributed by atoms with Crippen LogP contribution in [-0.2, 0) is 4.79 Å². The Morgan fingerprint density at radius 2 is 1.04 bits per heavy atom. The largest absolute Gasteiger partial charge is 0.481 e. The number of aliphatic carboxylic acids is 1. The fraction of sp³-hybridized carbons (Fsp3) is 0.950. The summed E-state index contributed by atoms with van der Waals surface area (Å²) in [5.74, 6) is -0.782. The van der Waals surface area contributed by atoms with Crippen molar-refractivity contribution in [3.8, 4) is 0 Å². The smallest absolute Gasteiger partial charge is 0.303 e. The molecular weight excluding hydrogens is 304 g/mol. The summed E-state index contributed by atoms with van der Waals surface area (Å²) < 4.78 is 0. The van der Waals surface area contributed by atoms with E-state index in [2.05, 4.69) is 6.92 Å². The van der Waals surface area contributed by atoms with Crippen molar-refractivity contribution < 1.29 is 20.1 Å². The third kappa shape index (κ3) is 17.7. The number of carboxylic acid groups (broad SMARTS) is 1. The lowest BCUT2D eigenvalue weighted by Gasteiger charge is -2.10. The third-order valence-corrected chi connectivity index (χ3v) is 4.64. The van der Waals surface area contributed by atoms with E-state index in [1.165, 1.54) is 38.5 Å². The van der Waals surface area contributed by atoms with E-state index in [-0.39, 0.29) is 18.6 Å². The number of carbonyl (C=O) groups is 1. The molecule has 4 nitrogen and oxygen atoms in total. The van der Waals surface area contributed by atoms with Gasteiger partial charge in [0.2, 0.25) is 0 Å². The predicted molar refractivity (Wildman–Crippen MR) is 99.2 cm³/mol. The maximum absolute atomic E-state index is 10.4. The summed E-state index contributed by atoms with van der Waals surface area (Å²) in [5.41, 5.74) is 0. The second-order valence-corrected chi connectivity index (χ2v) is 7.14. The fourth-order valence-corrected chi connectivity index (χ4v) is 3.05. The van der Waals surface area contributed by atoms with Gasteiger partial charge in [-0.1, -0.05) is 71.1 Å². The molecule has 0 saturated carbocycles. The first-order valence-corrected chi connectivity index (χ1v) is 10.1. The van der Waals surface area contributed by atoms with Gasteiger partial charge in [-0.2, -0.15) is 0 Å². The van der Waals surface area contributed by atoms with E-state index in [1.807, 2.05) is 0 Å². The summed E-state index contributed by atoms with van der Waals surface area (Å²) in [6.45, 7) is 2.19. The number of aliphatic hydroxyl groups excluding tert-OH is 2. The number of hydrogen-bond acceptors (Lipinski definition) is 3. The molecule has 0 amide bonds. The maximum Gasteiger partial charge on any atom is 0.303 e. The van der Waals surface area contributed by atoms with Crippen molar-refractivity contribution in [3.63, 3.8) is 0 Å². The van der Waals surface area contributed by atoms with E-state index in [1.54, 1.807) is 0 Å². The van der Waals surface area contributed by atoms with E-state index in [9.17, 15) is 15.0 Å². The zero-order valence-electron chi connectivity index (χ0n) is 15.7. The van der Waals surface area contributed by atoms with Gasteiger partial charge in [0.25, 0.3) is 0 Å². The lowest BCUT2D eigenvalue weighted by Crippen LogP contribution is -2.07. The molecule has 0 spiro atoms. The quantitative estimate of drug-likeness (QED) is 0.304. The molecular formula is C20H40O4. The first kappa shape index (κ1) is 23.4. The van der Waals surface area contributed by atoms with Gasteiger partial charge < -0.3 is 15.3 Å². The Bertz CT molecular complexity index is 281. The molecule has 0 aromatic carbocycles. The highest BCUT2D eigenvalue weighted by molar-refractivity contribution is 5.66. The molecule has 24 heavy (non-hydrogen) atoms. The second-order valence-electron chi connectivity index (χ2n) is 7.14. The van der Waals surface area contributed by atoms with Crippen LogP contribution < -0.4 is 0 Å². The summed E-state index contributed by atoms with van der Waals surface area (Å²) in [4.78, 5) is 10.4. The summed E-state index contributed by atoms with van der Waals surface area (Å²) >= 11 is 0. The van der Waals surface area contributed by atoms with Crippen LogP contribution in [0, 0.1) is 0 Å². The molecule has 0 aliphatic rings. The summed E-state index contributed by atoms with van der Waals surface area (Å²) in [6, 6.07) is 0. The molecule has 0 rings (SSSR count). The molecule has 0 radical (unpaired) electrons. The maximum atomic E-state index is 10.4. The molecule has 4 heteroatoms. The Kier molecular flexibility index (Phi) is 16.8. The number of rotatable bonds is 18. The highest BCUT2D eigenvalue weighted by Gasteiger charge is 2.06. The van der Waals surface area contributed by atoms with Crippen LogP contribution in [0.5, 0.6) is 0 Å². The Morgan fingerprint density at radius 3 is 1.46 bits per heavy atom. The molecule has 2 atom stereocenters. The van der Waals surface area contributed by atoms with Crippen molar-refractivity contribution in [2.75, 3.05) is 0 Å². The zero-order valence-corrected chi connectivity index (χ0v) is 15.7. The molecule has 0 aliphatic carbocycles. The number of hydrogen-bond donors (Lipinski definition) is 3. The van der Waals surface area contributed by atoms with Gasteiger partial charge in [0.15, 0.2) is 0 Å². The van der Waals surface area contributed by atoms with Crippen molar-refractivity contribution in [2.24, 2.45) is 0 Å². The molecule has 0 aromatic heterocycles. The Labute approximate surface area is 148 Å². The zero-order chi connectivity index (χ0) is 18.0. The van der Waals surface area contributed by atoms with Crippen LogP contribution in [-0.4, -0.2) is 33.5 Å². The lowest BCUT2D eigenvalue weighted by molar-refractivity contribution is -0.137. The van der Waals surface area contributed by atoms with Crippen molar-refractivity contribution in [3.05, 3.63) is 0 Å². The standard InChI is InChI=1S/C20H40O4/c1-2-3-9-13-18(21)14-10-7-5-4-6-8-11-15-19(22)16-12-17-20(23)24/h18-19,21-22H,2-17H2,1H3,(H,23,24). The minimum absolute atomic E-state index is 0.0980. The van der Waals surface area contributed by atoms with Gasteiger partial charge in [0, 0.05) is 6.42 Å². The summed E-state index contributed by atoms with van der Waals surface area (Å²) in [5, 5.41) is 28.1. The van der Waals surface area contributed by atoms with E-state index in [4.69, 9.17) is 5.11 Å². The van der Waals surface area contributed by atoms with Crippen molar-refractivity contribution >= 4 is 5.97 Å². The molecule has 0 aliphatic heterocycles. The Morgan fingerprint density at radius 1 is 0.667 bits per heavy atom. The molecule has 0 bridgehead atoms. The van der Waals surface area contributed by atoms with Crippen LogP contribution >= 0.6 is 0 Å². The SMILES string of the molecule is CCCCCC(O)CCCCCCCCCC(O)CCCC(=O)O. The normalized spacial score (nSPS) is 13.8. The van der Waals surface area contributed by atoms with Crippen molar-refractivity contribution in [1.29, 1.82) is 0 Å². The predicted octanol–water partition coefficient (Wildman–Crippen LogP) is 5.05. The average Bonchev–Trinajstić information content (AvgIpc) is 2.53. The minimum Gasteiger partial charge on any atom is -0.481 e. The van der Waals surface area contributed by atoms with E-state index in [0.29, 0.717) is 12.8 Å². The first-order valence-electron chi connectivity index (χ1n) is 10.1. The monoisotopic (exact) mass is 344 g/mol. The van der Waals surface area contributed by atoms with Gasteiger partial charge in [-0.3, -0.25) is 4.79 Å². The molecule has 0 saturated heterocycles. The molecule has 2 unspecified atom stereocenters. The molecule has 3 N–H and O–H groups in total. The number of aliphatic hydroxyl groups is 2. The van der Waals surface area contributed by atoms with Gasteiger partial charge in [-0.25, -0.2) is 0 Å². The van der Waals surface area contributed by atoms with Crippen LogP contribution in [0.3, 0.4) is 0 Å². The second kappa shape index (κ2) is 17.2. The van der Waals surface area contributed by atoms with E-state index < -0.39 is 5.97 Å². The van der Waals surface area contributed by atoms with Gasteiger partial charge in [-0.05, 0) is 32.1 Å². The average molecular weight is 345 g/mol. The number of unbranched alkanes of at least 4 members (excludes halogenated alkanes) is 8. The highest BCUT2D eigenvalue weighted by Crippen LogP contribution is 2.15. The van der Waals surface area contributed by atoms with Gasteiger partial charge in [0.1, 0.15) is 0 Å². The molecule has 0 fully saturated rings. The van der Waals surface area contributed by atoms with E-state index in [0.717, 1.165) is 44.9 Å². The number of carboxylic acids is 1. The highest BCUT2D eigenvalue weighted by atomic mass is 16.4. The Hall–Kier alpha value is -0.610. The van der Waals surface area contributed by atoms with Crippen molar-refractivity contribution in [1.82, 2.24) is 0 Å². The molecule has 0 aromatic rings. The summed E-state index contributed by atoms with van der Waals surface area (Å²) in [7, 11) is 0. The topological polar surface area (TPSA) is 77.8 Å². The van der Waals surface area contributed by atoms with E-state index >= 15 is 0 Å². The summed E-state index contributed by atoms with van der Waals surface area (Å²) in [6.07, 6.45) is 15.4. The van der Waals surface area contributed by atoms with Crippen LogP contribution in [0.25, 0.3) is 0 Å². The first-order chi connectivity index (χ1) is 11.6. The lowest BCUT2D eigenvalue weighted by atomic mass is 10.0. The van der Waals surface area contributed by atoms with Gasteiger partial charge in [0.05, 0.1) is 12.2 Å². The fourth-order valence-electron chi connectivity index (χ4n) is 3.05. The van der Waals surface area contributed by atoms with Crippen LogP contribution in [0.15, 0.2) is 0 Å². The van der Waals surface area contributed by atoms with Crippen LogP contribution in [0.4, 0.5) is 0 Å². The Balaban J connectivity index is 3.23. The van der Waals surface area contributed by atoms with Gasteiger partial charge in [-0.15, -0.1) is 0 Å². The molecule has 144 valence electrons.